The number of ether oxygens (including phenoxy) is 2. The molecule has 0 N–H and O–H groups in total. The van der Waals surface area contributed by atoms with Crippen LogP contribution in [0.1, 0.15) is 6.92 Å². The average molecular weight is 286 g/mol. The Kier molecular flexibility index (Phi) is 5.74. The van der Waals surface area contributed by atoms with Crippen LogP contribution in [0.4, 0.5) is 5.69 Å². The highest BCUT2D eigenvalue weighted by atomic mass is 35.5. The first-order valence-electron chi connectivity index (χ1n) is 5.31. The van der Waals surface area contributed by atoms with Gasteiger partial charge in [-0.2, -0.15) is 0 Å². The molecule has 0 bridgehead atoms. The maximum Gasteiger partial charge on any atom is 0.370 e. The van der Waals surface area contributed by atoms with Crippen LogP contribution >= 0.6 is 11.6 Å². The van der Waals surface area contributed by atoms with Crippen molar-refractivity contribution in [2.24, 2.45) is 10.4 Å². The van der Waals surface area contributed by atoms with Crippen LogP contribution in [0, 0.1) is 4.91 Å². The van der Waals surface area contributed by atoms with Crippen LogP contribution in [0.15, 0.2) is 34.7 Å². The molecule has 0 saturated carbocycles. The summed E-state index contributed by atoms with van der Waals surface area (Å²) in [5.74, 6) is -0.221. The van der Waals surface area contributed by atoms with Crippen LogP contribution < -0.4 is 9.85 Å². The molecule has 1 rings (SSSR count). The van der Waals surface area contributed by atoms with Gasteiger partial charge in [0, 0.05) is 0 Å². The fourth-order valence-electron chi connectivity index (χ4n) is 1.15. The summed E-state index contributed by atoms with van der Waals surface area (Å²) in [4.78, 5) is 22.0. The fourth-order valence-corrected chi connectivity index (χ4v) is 1.28. The van der Waals surface area contributed by atoms with Gasteiger partial charge in [-0.3, -0.25) is 0 Å². The van der Waals surface area contributed by atoms with E-state index in [4.69, 9.17) is 16.3 Å². The van der Waals surface area contributed by atoms with Gasteiger partial charge in [-0.15, -0.1) is 15.1 Å². The molecule has 0 atom stereocenters. The Hall–Kier alpha value is -2.15. The molecule has 0 spiro atoms. The first-order chi connectivity index (χ1) is 9.12. The summed E-state index contributed by atoms with van der Waals surface area (Å²) in [5.41, 5.74) is 0.332. The van der Waals surface area contributed by atoms with E-state index in [1.54, 1.807) is 31.2 Å². The lowest BCUT2D eigenvalue weighted by atomic mass is 10.3. The molecule has 0 fully saturated rings. The van der Waals surface area contributed by atoms with E-state index in [0.717, 1.165) is 0 Å². The molecule has 0 aromatic heterocycles. The molecule has 0 aliphatic rings. The molecule has 0 heterocycles. The number of benzene rings is 1. The van der Waals surface area contributed by atoms with Crippen LogP contribution in [0.25, 0.3) is 0 Å². The molecule has 1 aromatic rings. The molecule has 19 heavy (non-hydrogen) atoms. The molecule has 0 unspecified atom stereocenters. The number of methoxy groups -OCH3 is 1. The summed E-state index contributed by atoms with van der Waals surface area (Å²) >= 11 is 5.60. The molecule has 0 radical (unpaired) electrons. The van der Waals surface area contributed by atoms with Gasteiger partial charge in [-0.25, -0.2) is 4.79 Å². The van der Waals surface area contributed by atoms with Gasteiger partial charge in [-0.1, -0.05) is 11.6 Å². The number of rotatable bonds is 6. The number of hydrazone groups is 1. The lowest BCUT2D eigenvalue weighted by molar-refractivity contribution is -0.134. The predicted octanol–water partition coefficient (Wildman–Crippen LogP) is 2.30. The molecule has 0 amide bonds. The van der Waals surface area contributed by atoms with Gasteiger partial charge in [0.1, 0.15) is 5.75 Å². The Balaban J connectivity index is 2.90. The number of carbonyl (C=O) groups is 1. The first-order valence-corrected chi connectivity index (χ1v) is 5.68. The van der Waals surface area contributed by atoms with Crippen LogP contribution in [0.2, 0.25) is 0 Å². The maximum absolute atomic E-state index is 11.3. The van der Waals surface area contributed by atoms with E-state index in [-0.39, 0.29) is 6.61 Å². The molecule has 8 heteroatoms. The topological polar surface area (TPSA) is 80.6 Å². The van der Waals surface area contributed by atoms with Gasteiger partial charge < -0.3 is 9.47 Å². The van der Waals surface area contributed by atoms with Crippen molar-refractivity contribution in [3.05, 3.63) is 29.2 Å². The second-order valence-corrected chi connectivity index (χ2v) is 3.54. The van der Waals surface area contributed by atoms with Crippen molar-refractivity contribution in [2.75, 3.05) is 18.8 Å². The second kappa shape index (κ2) is 7.32. The van der Waals surface area contributed by atoms with Gasteiger partial charge in [-0.05, 0) is 31.2 Å². The summed E-state index contributed by atoms with van der Waals surface area (Å²) in [6.45, 7) is 1.78. The zero-order chi connectivity index (χ0) is 14.3. The molecule has 0 aliphatic heterocycles. The first kappa shape index (κ1) is 14.9. The maximum atomic E-state index is 11.3. The van der Waals surface area contributed by atoms with E-state index in [9.17, 15) is 9.70 Å². The summed E-state index contributed by atoms with van der Waals surface area (Å²) in [6.07, 6.45) is 0. The standard InChI is InChI=1S/C11H12ClN3O4/c1-3-19-11(16)10(12)13-15(14-17)8-4-6-9(18-2)7-5-8/h4-7H,3H2,1-2H3. The van der Waals surface area contributed by atoms with Crippen molar-refractivity contribution in [2.45, 2.75) is 6.92 Å². The summed E-state index contributed by atoms with van der Waals surface area (Å²) in [5, 5.41) is 6.41. The van der Waals surface area contributed by atoms with Gasteiger partial charge in [0.25, 0.3) is 0 Å². The number of hydrogen-bond acceptors (Lipinski definition) is 6. The number of nitroso groups, excluding NO2 is 1. The zero-order valence-corrected chi connectivity index (χ0v) is 11.1. The summed E-state index contributed by atoms with van der Waals surface area (Å²) in [6, 6.07) is 6.31. The monoisotopic (exact) mass is 285 g/mol. The third-order valence-electron chi connectivity index (χ3n) is 2.01. The smallest absolute Gasteiger partial charge is 0.370 e. The Morgan fingerprint density at radius 3 is 2.47 bits per heavy atom. The van der Waals surface area contributed by atoms with Crippen molar-refractivity contribution in [3.8, 4) is 5.75 Å². The third-order valence-corrected chi connectivity index (χ3v) is 2.24. The number of anilines is 1. The minimum absolute atomic E-state index is 0.154. The Bertz CT molecular complexity index is 475. The highest BCUT2D eigenvalue weighted by molar-refractivity contribution is 6.82. The Labute approximate surface area is 114 Å². The average Bonchev–Trinajstić information content (AvgIpc) is 2.45. The number of halogens is 1. The molecule has 1 aromatic carbocycles. The number of nitrogens with zero attached hydrogens (tertiary/aromatic N) is 3. The third kappa shape index (κ3) is 4.22. The van der Waals surface area contributed by atoms with Crippen molar-refractivity contribution in [1.82, 2.24) is 0 Å². The van der Waals surface area contributed by atoms with Gasteiger partial charge in [0.2, 0.25) is 5.17 Å². The number of hydrogen-bond donors (Lipinski definition) is 0. The highest BCUT2D eigenvalue weighted by Crippen LogP contribution is 2.20. The van der Waals surface area contributed by atoms with Crippen LogP contribution in [0.5, 0.6) is 5.75 Å². The van der Waals surface area contributed by atoms with Crippen LogP contribution in [-0.2, 0) is 9.53 Å². The minimum atomic E-state index is -0.827. The molecule has 0 saturated heterocycles. The van der Waals surface area contributed by atoms with Crippen LogP contribution in [0.3, 0.4) is 0 Å². The van der Waals surface area contributed by atoms with E-state index in [1.807, 2.05) is 0 Å². The second-order valence-electron chi connectivity index (χ2n) is 3.18. The lowest BCUT2D eigenvalue weighted by Gasteiger charge is -2.09. The van der Waals surface area contributed by atoms with E-state index < -0.39 is 11.1 Å². The van der Waals surface area contributed by atoms with Crippen LogP contribution in [-0.4, -0.2) is 24.9 Å². The van der Waals surface area contributed by atoms with E-state index in [2.05, 4.69) is 15.1 Å². The van der Waals surface area contributed by atoms with E-state index in [0.29, 0.717) is 16.6 Å². The molecule has 7 nitrogen and oxygen atoms in total. The molecule has 0 aliphatic carbocycles. The predicted molar refractivity (Wildman–Crippen MR) is 71.2 cm³/mol. The minimum Gasteiger partial charge on any atom is -0.497 e. The van der Waals surface area contributed by atoms with Crippen molar-refractivity contribution < 1.29 is 14.3 Å². The highest BCUT2D eigenvalue weighted by Gasteiger charge is 2.13. The molecular weight excluding hydrogens is 274 g/mol. The number of esters is 1. The van der Waals surface area contributed by atoms with Crippen molar-refractivity contribution >= 4 is 28.4 Å². The van der Waals surface area contributed by atoms with Crippen molar-refractivity contribution in [1.29, 1.82) is 0 Å². The normalized spacial score (nSPS) is 10.8. The summed E-state index contributed by atoms with van der Waals surface area (Å²) < 4.78 is 9.60. The van der Waals surface area contributed by atoms with Gasteiger partial charge >= 0.3 is 5.97 Å². The number of carbonyl (C=O) groups excluding carboxylic acids is 1. The summed E-state index contributed by atoms with van der Waals surface area (Å²) in [7, 11) is 1.51. The Morgan fingerprint density at radius 2 is 2.00 bits per heavy atom. The zero-order valence-electron chi connectivity index (χ0n) is 10.4. The lowest BCUT2D eigenvalue weighted by Crippen LogP contribution is -2.17. The SMILES string of the molecule is CCOC(=O)C(Cl)=NN(N=O)c1ccc(OC)cc1. The molecular formula is C11H12ClN3O4. The van der Waals surface area contributed by atoms with Crippen molar-refractivity contribution in [3.63, 3.8) is 0 Å². The largest absolute Gasteiger partial charge is 0.497 e. The van der Waals surface area contributed by atoms with E-state index >= 15 is 0 Å². The quantitative estimate of drug-likeness (QED) is 0.347. The Morgan fingerprint density at radius 1 is 1.37 bits per heavy atom. The van der Waals surface area contributed by atoms with Gasteiger partial charge in [0.05, 0.1) is 24.7 Å². The fraction of sp³-hybridized carbons (Fsp3) is 0.273. The van der Waals surface area contributed by atoms with Gasteiger partial charge in [0.15, 0.2) is 0 Å². The van der Waals surface area contributed by atoms with E-state index in [1.165, 1.54) is 7.11 Å². The molecule has 102 valence electrons.